The summed E-state index contributed by atoms with van der Waals surface area (Å²) in [7, 11) is 1.96. The Morgan fingerprint density at radius 3 is 2.47 bits per heavy atom. The maximum atomic E-state index is 15.2. The number of fused-ring (bicyclic) bond motifs is 8. The molecule has 68 heavy (non-hydrogen) atoms. The number of rotatable bonds is 4. The van der Waals surface area contributed by atoms with Gasteiger partial charge < -0.3 is 40.4 Å². The molecule has 0 aromatic heterocycles. The van der Waals surface area contributed by atoms with E-state index >= 15 is 4.79 Å². The molecule has 0 radical (unpaired) electrons. The van der Waals surface area contributed by atoms with Crippen LogP contribution in [0.4, 0.5) is 0 Å². The molecule has 1 heterocycles. The number of carbonyl (C=O) groups is 2. The highest BCUT2D eigenvalue weighted by Gasteiger charge is 2.85. The summed E-state index contributed by atoms with van der Waals surface area (Å²) in [5.41, 5.74) is -4.18. The van der Waals surface area contributed by atoms with E-state index in [4.69, 9.17) is 4.74 Å². The lowest BCUT2D eigenvalue weighted by Gasteiger charge is -2.74. The topological polar surface area (TPSA) is 157 Å². The van der Waals surface area contributed by atoms with Crippen molar-refractivity contribution >= 4 is 12.3 Å². The Balaban J connectivity index is 0.999. The quantitative estimate of drug-likeness (QED) is 0.0773. The number of nitrogens with one attached hydrogen (secondary N) is 1. The first-order valence-corrected chi connectivity index (χ1v) is 27.6. The molecule has 1 aliphatic heterocycles. The number of allylic oxidation sites excluding steroid dienone is 2. The van der Waals surface area contributed by atoms with Crippen LogP contribution in [-0.4, -0.2) is 79.9 Å². The number of benzene rings is 1. The monoisotopic (exact) mass is 928 g/mol. The van der Waals surface area contributed by atoms with Crippen molar-refractivity contribution in [1.82, 2.24) is 5.32 Å². The smallest absolute Gasteiger partial charge is 0.331 e. The summed E-state index contributed by atoms with van der Waals surface area (Å²) in [6.07, 6.45) is 25.0. The van der Waals surface area contributed by atoms with Crippen LogP contribution in [0.3, 0.4) is 0 Å². The SMILES string of the molecule is CNC1Cc2c(cccc2CO)C#CCCC23CCC4C(O)(CC5CC6C(C=CCC6C6CCCC6)CC6C(O)C7(CCCC78CCCC8)CC4(C=O)C56O)C2(O)CC2CC1C1OC(=O)C=C1C23. The van der Waals surface area contributed by atoms with Crippen molar-refractivity contribution in [3.63, 3.8) is 0 Å². The second-order valence-electron chi connectivity index (χ2n) is 25.7. The zero-order valence-corrected chi connectivity index (χ0v) is 40.5. The van der Waals surface area contributed by atoms with Crippen molar-refractivity contribution in [2.75, 3.05) is 7.05 Å². The number of esters is 1. The molecule has 9 fully saturated rings. The van der Waals surface area contributed by atoms with Gasteiger partial charge in [-0.15, -0.1) is 0 Å². The molecule has 13 aliphatic rings. The summed E-state index contributed by atoms with van der Waals surface area (Å²) in [6.45, 7) is -0.102. The van der Waals surface area contributed by atoms with Crippen LogP contribution >= 0.6 is 0 Å². The molecule has 9 heteroatoms. The van der Waals surface area contributed by atoms with Gasteiger partial charge in [0.05, 0.1) is 29.3 Å². The predicted molar refractivity (Wildman–Crippen MR) is 256 cm³/mol. The number of aliphatic hydroxyl groups is 5. The van der Waals surface area contributed by atoms with Crippen molar-refractivity contribution < 1.29 is 39.9 Å². The minimum Gasteiger partial charge on any atom is -0.454 e. The molecular weight excluding hydrogens is 851 g/mol. The van der Waals surface area contributed by atoms with Gasteiger partial charge in [0.25, 0.3) is 0 Å². The van der Waals surface area contributed by atoms with E-state index in [1.807, 2.05) is 25.2 Å². The van der Waals surface area contributed by atoms with Crippen LogP contribution < -0.4 is 5.32 Å². The fraction of sp³-hybridized carbons (Fsp3) is 0.763. The number of hydrogen-bond acceptors (Lipinski definition) is 9. The van der Waals surface area contributed by atoms with Gasteiger partial charge in [0.15, 0.2) is 0 Å². The highest BCUT2D eigenvalue weighted by molar-refractivity contribution is 5.86. The van der Waals surface area contributed by atoms with Crippen LogP contribution in [0.25, 0.3) is 0 Å². The normalized spacial score (nSPS) is 50.5. The first-order valence-electron chi connectivity index (χ1n) is 27.6. The molecule has 6 N–H and O–H groups in total. The second kappa shape index (κ2) is 15.6. The second-order valence-corrected chi connectivity index (χ2v) is 25.7. The van der Waals surface area contributed by atoms with Gasteiger partial charge in [-0.2, -0.15) is 0 Å². The number of likely N-dealkylation sites (N-methyl/N-ethyl adjacent to an activating group) is 1. The molecule has 1 aromatic carbocycles. The summed E-state index contributed by atoms with van der Waals surface area (Å²) in [4.78, 5) is 28.9. The lowest BCUT2D eigenvalue weighted by Crippen LogP contribution is -2.82. The molecule has 0 amide bonds. The Bertz CT molecular complexity index is 2370. The van der Waals surface area contributed by atoms with E-state index in [2.05, 4.69) is 29.3 Å². The van der Waals surface area contributed by atoms with Crippen LogP contribution in [0.5, 0.6) is 0 Å². The standard InChI is InChI=1S/C59H77NO8/c1-60-47-28-42-36(14-8-16-38(42)32-61)13-4-5-22-54-24-18-48-56(34-62)33-55(23-10-21-53(55)19-6-7-20-53)52(64)46-26-37-15-9-17-41(35-11-2-3-12-35)43(37)27-40(59(46,56)67)31-57(48,65)58(54,66)30-39-25-44(47)51-45(50(39)54)29-49(63)68-51/h8-9,14-16,29,34-35,37,39-41,43-44,46-48,50-52,60-61,64-67H,2-3,5-7,10-12,17-28,30-33H2,1H3. The van der Waals surface area contributed by atoms with Crippen LogP contribution in [0.1, 0.15) is 158 Å². The summed E-state index contributed by atoms with van der Waals surface area (Å²) >= 11 is 0. The zero-order chi connectivity index (χ0) is 46.6. The van der Waals surface area contributed by atoms with Crippen molar-refractivity contribution in [3.05, 3.63) is 58.7 Å². The molecule has 366 valence electrons. The van der Waals surface area contributed by atoms with Gasteiger partial charge in [-0.25, -0.2) is 4.79 Å². The third-order valence-corrected chi connectivity index (χ3v) is 24.2. The van der Waals surface area contributed by atoms with Gasteiger partial charge in [-0.05, 0) is 173 Å². The largest absolute Gasteiger partial charge is 0.454 e. The molecule has 18 atom stereocenters. The summed E-state index contributed by atoms with van der Waals surface area (Å²) < 4.78 is 6.37. The fourth-order valence-electron chi connectivity index (χ4n) is 21.9. The van der Waals surface area contributed by atoms with Gasteiger partial charge in [0.2, 0.25) is 0 Å². The number of aldehydes is 1. The van der Waals surface area contributed by atoms with E-state index in [0.29, 0.717) is 76.0 Å². The molecule has 3 spiro atoms. The number of hydrogen-bond donors (Lipinski definition) is 6. The number of aliphatic hydroxyl groups excluding tert-OH is 2. The van der Waals surface area contributed by atoms with E-state index in [0.717, 1.165) is 79.9 Å². The van der Waals surface area contributed by atoms with Crippen LogP contribution in [-0.2, 0) is 27.4 Å². The van der Waals surface area contributed by atoms with E-state index in [1.165, 1.54) is 25.7 Å². The van der Waals surface area contributed by atoms with Crippen molar-refractivity contribution in [2.24, 2.45) is 80.8 Å². The Morgan fingerprint density at radius 2 is 1.69 bits per heavy atom. The summed E-state index contributed by atoms with van der Waals surface area (Å²) in [6, 6.07) is 5.81. The lowest BCUT2D eigenvalue weighted by atomic mass is 9.32. The van der Waals surface area contributed by atoms with Crippen molar-refractivity contribution in [2.45, 2.75) is 189 Å². The van der Waals surface area contributed by atoms with Gasteiger partial charge >= 0.3 is 5.97 Å². The molecule has 9 saturated carbocycles. The first-order chi connectivity index (χ1) is 32.9. The average Bonchev–Trinajstić information content (AvgIpc) is 4.19. The lowest BCUT2D eigenvalue weighted by molar-refractivity contribution is -0.360. The first kappa shape index (κ1) is 45.1. The van der Waals surface area contributed by atoms with Crippen molar-refractivity contribution in [3.8, 4) is 11.8 Å². The van der Waals surface area contributed by atoms with Crippen LogP contribution in [0.2, 0.25) is 0 Å². The van der Waals surface area contributed by atoms with E-state index < -0.39 is 63.0 Å². The maximum Gasteiger partial charge on any atom is 0.331 e. The molecule has 14 rings (SSSR count). The molecule has 18 unspecified atom stereocenters. The molecule has 0 saturated heterocycles. The zero-order valence-electron chi connectivity index (χ0n) is 40.5. The Kier molecular flexibility index (Phi) is 10.3. The molecule has 12 aliphatic carbocycles. The third-order valence-electron chi connectivity index (χ3n) is 24.2. The summed E-state index contributed by atoms with van der Waals surface area (Å²) in [5, 5.41) is 71.6. The van der Waals surface area contributed by atoms with Gasteiger partial charge in [-0.3, -0.25) is 0 Å². The van der Waals surface area contributed by atoms with Gasteiger partial charge in [0, 0.05) is 52.7 Å². The van der Waals surface area contributed by atoms with E-state index in [9.17, 15) is 30.3 Å². The van der Waals surface area contributed by atoms with Gasteiger partial charge in [0.1, 0.15) is 18.0 Å². The Hall–Kier alpha value is -2.84. The fourth-order valence-corrected chi connectivity index (χ4v) is 21.9. The predicted octanol–water partition coefficient (Wildman–Crippen LogP) is 7.66. The highest BCUT2D eigenvalue weighted by atomic mass is 16.5. The van der Waals surface area contributed by atoms with E-state index in [1.54, 1.807) is 6.08 Å². The Labute approximate surface area is 403 Å². The number of carbonyl (C=O) groups excluding carboxylic acids is 2. The Morgan fingerprint density at radius 1 is 0.882 bits per heavy atom. The highest BCUT2D eigenvalue weighted by Crippen LogP contribution is 2.81. The minimum absolute atomic E-state index is 0.0764. The molecule has 9 nitrogen and oxygen atoms in total. The van der Waals surface area contributed by atoms with E-state index in [-0.39, 0.29) is 60.0 Å². The van der Waals surface area contributed by atoms with Crippen LogP contribution in [0.15, 0.2) is 42.0 Å². The summed E-state index contributed by atoms with van der Waals surface area (Å²) in [5.74, 6) is 6.06. The molecule has 4 bridgehead atoms. The number of ether oxygens (including phenoxy) is 1. The average molecular weight is 928 g/mol. The van der Waals surface area contributed by atoms with Gasteiger partial charge in [-0.1, -0.05) is 81.1 Å². The maximum absolute atomic E-state index is 15.2. The molecular formula is C59H77NO8. The third kappa shape index (κ3) is 5.53. The van der Waals surface area contributed by atoms with Crippen LogP contribution in [0, 0.1) is 92.7 Å². The minimum atomic E-state index is -1.73. The molecule has 1 aromatic rings. The van der Waals surface area contributed by atoms with Crippen molar-refractivity contribution in [1.29, 1.82) is 0 Å².